The van der Waals surface area contributed by atoms with E-state index in [1.807, 2.05) is 19.1 Å². The van der Waals surface area contributed by atoms with Crippen LogP contribution in [0, 0.1) is 0 Å². The summed E-state index contributed by atoms with van der Waals surface area (Å²) in [5, 5.41) is 2.97. The second-order valence-electron chi connectivity index (χ2n) is 3.76. The lowest BCUT2D eigenvalue weighted by Crippen LogP contribution is -2.05. The molecule has 6 nitrogen and oxygen atoms in total. The molecule has 0 radical (unpaired) electrons. The van der Waals surface area contributed by atoms with Gasteiger partial charge in [-0.3, -0.25) is 0 Å². The van der Waals surface area contributed by atoms with Crippen molar-refractivity contribution in [2.24, 2.45) is 0 Å². The van der Waals surface area contributed by atoms with Crippen molar-refractivity contribution >= 4 is 5.82 Å². The van der Waals surface area contributed by atoms with Gasteiger partial charge in [-0.05, 0) is 19.1 Å². The van der Waals surface area contributed by atoms with Gasteiger partial charge in [-0.15, -0.1) is 0 Å². The first-order chi connectivity index (χ1) is 9.31. The molecule has 0 amide bonds. The van der Waals surface area contributed by atoms with Gasteiger partial charge in [-0.2, -0.15) is 4.98 Å². The number of nitrogens with zero attached hydrogens (tertiary/aromatic N) is 2. The first-order valence-corrected chi connectivity index (χ1v) is 6.10. The maximum Gasteiger partial charge on any atom is 0.219 e. The van der Waals surface area contributed by atoms with Gasteiger partial charge >= 0.3 is 0 Å². The van der Waals surface area contributed by atoms with Crippen LogP contribution in [0.3, 0.4) is 0 Å². The zero-order valence-corrected chi connectivity index (χ0v) is 11.0. The Hall–Kier alpha value is -2.08. The Morgan fingerprint density at radius 3 is 2.89 bits per heavy atom. The maximum absolute atomic E-state index is 5.57. The molecule has 102 valence electrons. The molecule has 0 spiro atoms. The summed E-state index contributed by atoms with van der Waals surface area (Å²) < 4.78 is 16.1. The van der Waals surface area contributed by atoms with Gasteiger partial charge in [0.1, 0.15) is 24.8 Å². The summed E-state index contributed by atoms with van der Waals surface area (Å²) in [6.07, 6.45) is 1.61. The van der Waals surface area contributed by atoms with Gasteiger partial charge in [0.2, 0.25) is 5.88 Å². The van der Waals surface area contributed by atoms with Crippen LogP contribution in [-0.4, -0.2) is 23.6 Å². The molecule has 0 atom stereocenters. The Morgan fingerprint density at radius 1 is 1.32 bits per heavy atom. The fraction of sp³-hybridized carbons (Fsp3) is 0.385. The van der Waals surface area contributed by atoms with E-state index in [0.29, 0.717) is 37.3 Å². The summed E-state index contributed by atoms with van der Waals surface area (Å²) in [5.41, 5.74) is 0. The lowest BCUT2D eigenvalue weighted by atomic mass is 10.4. The van der Waals surface area contributed by atoms with Crippen LogP contribution in [0.5, 0.6) is 5.88 Å². The number of anilines is 1. The summed E-state index contributed by atoms with van der Waals surface area (Å²) >= 11 is 0. The SMILES string of the molecule is CCOCc1nc(NC)cc(OCc2ccco2)n1. The Balaban J connectivity index is 2.05. The summed E-state index contributed by atoms with van der Waals surface area (Å²) in [6.45, 7) is 3.25. The van der Waals surface area contributed by atoms with Gasteiger partial charge in [-0.25, -0.2) is 4.98 Å². The second kappa shape index (κ2) is 6.75. The lowest BCUT2D eigenvalue weighted by Gasteiger charge is -2.08. The van der Waals surface area contributed by atoms with Crippen LogP contribution in [0.1, 0.15) is 18.5 Å². The van der Waals surface area contributed by atoms with E-state index in [0.717, 1.165) is 5.76 Å². The van der Waals surface area contributed by atoms with Crippen LogP contribution in [0.4, 0.5) is 5.82 Å². The predicted molar refractivity (Wildman–Crippen MR) is 69.9 cm³/mol. The zero-order chi connectivity index (χ0) is 13.5. The highest BCUT2D eigenvalue weighted by molar-refractivity contribution is 5.37. The van der Waals surface area contributed by atoms with Crippen molar-refractivity contribution in [1.29, 1.82) is 0 Å². The molecule has 0 unspecified atom stereocenters. The number of ether oxygens (including phenoxy) is 2. The molecule has 0 aliphatic carbocycles. The fourth-order valence-electron chi connectivity index (χ4n) is 1.47. The number of nitrogens with one attached hydrogen (secondary N) is 1. The van der Waals surface area contributed by atoms with Crippen LogP contribution >= 0.6 is 0 Å². The van der Waals surface area contributed by atoms with E-state index in [9.17, 15) is 0 Å². The van der Waals surface area contributed by atoms with E-state index < -0.39 is 0 Å². The van der Waals surface area contributed by atoms with Crippen molar-refractivity contribution in [3.63, 3.8) is 0 Å². The molecule has 19 heavy (non-hydrogen) atoms. The molecular formula is C13H17N3O3. The quantitative estimate of drug-likeness (QED) is 0.826. The molecule has 0 fully saturated rings. The van der Waals surface area contributed by atoms with E-state index >= 15 is 0 Å². The van der Waals surface area contributed by atoms with E-state index in [-0.39, 0.29) is 0 Å². The molecule has 0 aliphatic heterocycles. The molecule has 0 saturated carbocycles. The Morgan fingerprint density at radius 2 is 2.21 bits per heavy atom. The highest BCUT2D eigenvalue weighted by Gasteiger charge is 2.06. The number of aromatic nitrogens is 2. The van der Waals surface area contributed by atoms with Crippen LogP contribution in [0.15, 0.2) is 28.9 Å². The summed E-state index contributed by atoms with van der Waals surface area (Å²) in [5.74, 6) is 2.52. The Labute approximate surface area is 111 Å². The minimum Gasteiger partial charge on any atom is -0.469 e. The predicted octanol–water partition coefficient (Wildman–Crippen LogP) is 2.23. The monoisotopic (exact) mass is 263 g/mol. The third-order valence-electron chi connectivity index (χ3n) is 2.38. The van der Waals surface area contributed by atoms with Gasteiger partial charge in [0.25, 0.3) is 0 Å². The Bertz CT molecular complexity index is 500. The van der Waals surface area contributed by atoms with Crippen molar-refractivity contribution in [2.45, 2.75) is 20.1 Å². The molecule has 0 aromatic carbocycles. The van der Waals surface area contributed by atoms with Crippen LogP contribution in [0.2, 0.25) is 0 Å². The molecule has 0 saturated heterocycles. The molecule has 2 aromatic heterocycles. The van der Waals surface area contributed by atoms with Crippen LogP contribution in [-0.2, 0) is 18.0 Å². The number of hydrogen-bond acceptors (Lipinski definition) is 6. The van der Waals surface area contributed by atoms with Crippen molar-refractivity contribution in [2.75, 3.05) is 19.0 Å². The van der Waals surface area contributed by atoms with Crippen LogP contribution in [0.25, 0.3) is 0 Å². The average molecular weight is 263 g/mol. The molecule has 6 heteroatoms. The summed E-state index contributed by atoms with van der Waals surface area (Å²) in [7, 11) is 1.79. The van der Waals surface area contributed by atoms with E-state index in [4.69, 9.17) is 13.9 Å². The maximum atomic E-state index is 5.57. The average Bonchev–Trinajstić information content (AvgIpc) is 2.96. The topological polar surface area (TPSA) is 69.4 Å². The first kappa shape index (κ1) is 13.4. The molecule has 1 N–H and O–H groups in total. The number of rotatable bonds is 7. The molecule has 2 aromatic rings. The standard InChI is InChI=1S/C13H17N3O3/c1-3-17-9-12-15-11(14-2)7-13(16-12)19-8-10-5-4-6-18-10/h4-7H,3,8-9H2,1-2H3,(H,14,15,16). The zero-order valence-electron chi connectivity index (χ0n) is 11.0. The smallest absolute Gasteiger partial charge is 0.219 e. The molecular weight excluding hydrogens is 246 g/mol. The van der Waals surface area contributed by atoms with Gasteiger partial charge in [0.05, 0.1) is 6.26 Å². The summed E-state index contributed by atoms with van der Waals surface area (Å²) in [4.78, 5) is 8.56. The van der Waals surface area contributed by atoms with Crippen molar-refractivity contribution in [3.05, 3.63) is 36.0 Å². The minimum absolute atomic E-state index is 0.335. The van der Waals surface area contributed by atoms with Gasteiger partial charge < -0.3 is 19.2 Å². The van der Waals surface area contributed by atoms with E-state index in [2.05, 4.69) is 15.3 Å². The highest BCUT2D eigenvalue weighted by Crippen LogP contribution is 2.15. The molecule has 2 rings (SSSR count). The fourth-order valence-corrected chi connectivity index (χ4v) is 1.47. The number of hydrogen-bond donors (Lipinski definition) is 1. The van der Waals surface area contributed by atoms with Crippen molar-refractivity contribution < 1.29 is 13.9 Å². The summed E-state index contributed by atoms with van der Waals surface area (Å²) in [6, 6.07) is 5.40. The second-order valence-corrected chi connectivity index (χ2v) is 3.76. The van der Waals surface area contributed by atoms with Gasteiger partial charge in [0, 0.05) is 19.7 Å². The van der Waals surface area contributed by atoms with E-state index in [1.54, 1.807) is 19.4 Å². The largest absolute Gasteiger partial charge is 0.469 e. The highest BCUT2D eigenvalue weighted by atomic mass is 16.5. The van der Waals surface area contributed by atoms with Crippen LogP contribution < -0.4 is 10.1 Å². The molecule has 0 aliphatic rings. The minimum atomic E-state index is 0.335. The van der Waals surface area contributed by atoms with Crippen molar-refractivity contribution in [3.8, 4) is 5.88 Å². The molecule has 0 bridgehead atoms. The Kier molecular flexibility index (Phi) is 4.74. The number of furan rings is 1. The molecule has 2 heterocycles. The van der Waals surface area contributed by atoms with Gasteiger partial charge in [0.15, 0.2) is 5.82 Å². The van der Waals surface area contributed by atoms with Crippen molar-refractivity contribution in [1.82, 2.24) is 9.97 Å². The van der Waals surface area contributed by atoms with E-state index in [1.165, 1.54) is 0 Å². The normalized spacial score (nSPS) is 10.4. The third kappa shape index (κ3) is 3.96. The lowest BCUT2D eigenvalue weighted by molar-refractivity contribution is 0.127. The first-order valence-electron chi connectivity index (χ1n) is 6.10. The van der Waals surface area contributed by atoms with Gasteiger partial charge in [-0.1, -0.05) is 0 Å². The third-order valence-corrected chi connectivity index (χ3v) is 2.38.